The van der Waals surface area contributed by atoms with Crippen LogP contribution in [0.2, 0.25) is 0 Å². The molecule has 1 unspecified atom stereocenters. The number of hydrogen-bond donors (Lipinski definition) is 2. The van der Waals surface area contributed by atoms with Crippen LogP contribution in [0.15, 0.2) is 43.0 Å². The molecule has 7 heteroatoms. The molecule has 1 atom stereocenters. The van der Waals surface area contributed by atoms with Crippen LogP contribution in [0.3, 0.4) is 0 Å². The van der Waals surface area contributed by atoms with Crippen molar-refractivity contribution in [2.24, 2.45) is 0 Å². The summed E-state index contributed by atoms with van der Waals surface area (Å²) in [5.74, 6) is -1.42. The average molecular weight is 292 g/mol. The third-order valence-electron chi connectivity index (χ3n) is 2.30. The van der Waals surface area contributed by atoms with Crippen molar-refractivity contribution in [3.63, 3.8) is 0 Å². The Labute approximate surface area is 121 Å². The molecule has 0 aliphatic carbocycles. The first kappa shape index (κ1) is 16.2. The minimum atomic E-state index is -1.08. The maximum atomic E-state index is 11.6. The molecule has 0 heterocycles. The molecule has 1 rings (SSSR count). The van der Waals surface area contributed by atoms with Crippen LogP contribution in [0.4, 0.5) is 4.79 Å². The first-order chi connectivity index (χ1) is 10.0. The van der Waals surface area contributed by atoms with Gasteiger partial charge in [-0.25, -0.2) is 4.79 Å². The average Bonchev–Trinajstić information content (AvgIpc) is 2.49. The molecule has 1 aromatic carbocycles. The van der Waals surface area contributed by atoms with E-state index in [4.69, 9.17) is 4.74 Å². The van der Waals surface area contributed by atoms with Crippen molar-refractivity contribution >= 4 is 18.0 Å². The molecule has 21 heavy (non-hydrogen) atoms. The highest BCUT2D eigenvalue weighted by molar-refractivity contribution is 5.87. The SMILES string of the molecule is C=CC(NC(=O)OCc1ccccc1)C(=O)NOC(C)=O. The van der Waals surface area contributed by atoms with E-state index in [0.29, 0.717) is 0 Å². The van der Waals surface area contributed by atoms with Crippen molar-refractivity contribution in [2.75, 3.05) is 0 Å². The molecular weight excluding hydrogens is 276 g/mol. The van der Waals surface area contributed by atoms with E-state index in [0.717, 1.165) is 12.5 Å². The standard InChI is InChI=1S/C14H16N2O5/c1-3-12(13(18)16-21-10(2)17)15-14(19)20-9-11-7-5-4-6-8-11/h3-8,12H,1,9H2,2H3,(H,15,19)(H,16,18). The lowest BCUT2D eigenvalue weighted by Crippen LogP contribution is -2.45. The van der Waals surface area contributed by atoms with Crippen molar-refractivity contribution in [3.05, 3.63) is 48.6 Å². The quantitative estimate of drug-likeness (QED) is 0.625. The Morgan fingerprint density at radius 1 is 1.29 bits per heavy atom. The molecule has 7 nitrogen and oxygen atoms in total. The normalized spacial score (nSPS) is 10.9. The van der Waals surface area contributed by atoms with Crippen molar-refractivity contribution in [1.29, 1.82) is 0 Å². The number of rotatable bonds is 5. The third kappa shape index (κ3) is 6.24. The van der Waals surface area contributed by atoms with E-state index in [2.05, 4.69) is 16.7 Å². The molecule has 0 radical (unpaired) electrons. The smallest absolute Gasteiger partial charge is 0.408 e. The van der Waals surface area contributed by atoms with Crippen LogP contribution in [0.1, 0.15) is 12.5 Å². The van der Waals surface area contributed by atoms with Crippen LogP contribution in [0, 0.1) is 0 Å². The Bertz CT molecular complexity index is 515. The van der Waals surface area contributed by atoms with Gasteiger partial charge in [0, 0.05) is 6.92 Å². The van der Waals surface area contributed by atoms with Gasteiger partial charge in [-0.2, -0.15) is 5.48 Å². The zero-order chi connectivity index (χ0) is 15.7. The van der Waals surface area contributed by atoms with Crippen molar-refractivity contribution in [2.45, 2.75) is 19.6 Å². The fraction of sp³-hybridized carbons (Fsp3) is 0.214. The predicted molar refractivity (Wildman–Crippen MR) is 73.7 cm³/mol. The monoisotopic (exact) mass is 292 g/mol. The zero-order valence-electron chi connectivity index (χ0n) is 11.5. The molecule has 0 aromatic heterocycles. The van der Waals surface area contributed by atoms with Gasteiger partial charge in [0.05, 0.1) is 0 Å². The van der Waals surface area contributed by atoms with Crippen LogP contribution < -0.4 is 10.8 Å². The van der Waals surface area contributed by atoms with Gasteiger partial charge in [-0.3, -0.25) is 9.59 Å². The lowest BCUT2D eigenvalue weighted by molar-refractivity contribution is -0.156. The fourth-order valence-electron chi connectivity index (χ4n) is 1.31. The maximum Gasteiger partial charge on any atom is 0.408 e. The second-order valence-corrected chi connectivity index (χ2v) is 3.98. The van der Waals surface area contributed by atoms with Crippen molar-refractivity contribution < 1.29 is 24.0 Å². The van der Waals surface area contributed by atoms with E-state index in [1.807, 2.05) is 23.7 Å². The fourth-order valence-corrected chi connectivity index (χ4v) is 1.31. The lowest BCUT2D eigenvalue weighted by atomic mass is 10.2. The molecule has 0 spiro atoms. The van der Waals surface area contributed by atoms with E-state index in [9.17, 15) is 14.4 Å². The van der Waals surface area contributed by atoms with Crippen LogP contribution in [0.25, 0.3) is 0 Å². The van der Waals surface area contributed by atoms with Crippen LogP contribution in [0.5, 0.6) is 0 Å². The summed E-state index contributed by atoms with van der Waals surface area (Å²) in [7, 11) is 0. The summed E-state index contributed by atoms with van der Waals surface area (Å²) in [4.78, 5) is 38.0. The van der Waals surface area contributed by atoms with Gasteiger partial charge in [0.2, 0.25) is 0 Å². The first-order valence-corrected chi connectivity index (χ1v) is 6.10. The second-order valence-electron chi connectivity index (χ2n) is 3.98. The van der Waals surface area contributed by atoms with E-state index in [1.54, 1.807) is 12.1 Å². The van der Waals surface area contributed by atoms with Gasteiger partial charge in [0.1, 0.15) is 12.6 Å². The molecule has 0 saturated carbocycles. The predicted octanol–water partition coefficient (Wildman–Crippen LogP) is 1.06. The van der Waals surface area contributed by atoms with Gasteiger partial charge in [-0.05, 0) is 5.56 Å². The molecule has 2 N–H and O–H groups in total. The third-order valence-corrected chi connectivity index (χ3v) is 2.30. The van der Waals surface area contributed by atoms with Gasteiger partial charge in [0.25, 0.3) is 5.91 Å². The summed E-state index contributed by atoms with van der Waals surface area (Å²) < 4.78 is 4.95. The number of hydrogen-bond acceptors (Lipinski definition) is 5. The van der Waals surface area contributed by atoms with Crippen LogP contribution in [-0.2, 0) is 25.8 Å². The minimum absolute atomic E-state index is 0.0715. The number of alkyl carbamates (subject to hydrolysis) is 1. The highest BCUT2D eigenvalue weighted by Gasteiger charge is 2.19. The summed E-state index contributed by atoms with van der Waals surface area (Å²) in [5, 5.41) is 2.28. The van der Waals surface area contributed by atoms with Gasteiger partial charge >= 0.3 is 12.1 Å². The molecule has 1 aromatic rings. The Balaban J connectivity index is 2.41. The molecule has 2 amide bonds. The largest absolute Gasteiger partial charge is 0.445 e. The summed E-state index contributed by atoms with van der Waals surface area (Å²) in [6.45, 7) is 4.61. The Hall–Kier alpha value is -2.83. The summed E-state index contributed by atoms with van der Waals surface area (Å²) in [6.07, 6.45) is 0.393. The highest BCUT2D eigenvalue weighted by Crippen LogP contribution is 2.00. The molecule has 0 fully saturated rings. The topological polar surface area (TPSA) is 93.7 Å². The Morgan fingerprint density at radius 3 is 2.52 bits per heavy atom. The number of hydroxylamine groups is 1. The lowest BCUT2D eigenvalue weighted by Gasteiger charge is -2.14. The van der Waals surface area contributed by atoms with E-state index in [1.165, 1.54) is 6.08 Å². The number of carbonyl (C=O) groups excluding carboxylic acids is 3. The van der Waals surface area contributed by atoms with Crippen LogP contribution in [-0.4, -0.2) is 24.0 Å². The summed E-state index contributed by atoms with van der Waals surface area (Å²) in [5.41, 5.74) is 2.69. The summed E-state index contributed by atoms with van der Waals surface area (Å²) >= 11 is 0. The van der Waals surface area contributed by atoms with E-state index in [-0.39, 0.29) is 6.61 Å². The minimum Gasteiger partial charge on any atom is -0.445 e. The number of ether oxygens (including phenoxy) is 1. The molecule has 0 aliphatic heterocycles. The molecule has 0 aliphatic rings. The number of nitrogens with one attached hydrogen (secondary N) is 2. The Morgan fingerprint density at radius 2 is 1.95 bits per heavy atom. The zero-order valence-corrected chi connectivity index (χ0v) is 11.5. The van der Waals surface area contributed by atoms with Crippen LogP contribution >= 0.6 is 0 Å². The molecule has 0 saturated heterocycles. The van der Waals surface area contributed by atoms with Gasteiger partial charge in [-0.1, -0.05) is 36.4 Å². The number of benzene rings is 1. The van der Waals surface area contributed by atoms with Gasteiger partial charge < -0.3 is 14.9 Å². The molecule has 112 valence electrons. The highest BCUT2D eigenvalue weighted by atomic mass is 16.7. The van der Waals surface area contributed by atoms with Gasteiger partial charge in [0.15, 0.2) is 0 Å². The van der Waals surface area contributed by atoms with E-state index >= 15 is 0 Å². The maximum absolute atomic E-state index is 11.6. The van der Waals surface area contributed by atoms with Crippen molar-refractivity contribution in [3.8, 4) is 0 Å². The molecular formula is C14H16N2O5. The van der Waals surface area contributed by atoms with Crippen molar-refractivity contribution in [1.82, 2.24) is 10.8 Å². The van der Waals surface area contributed by atoms with Gasteiger partial charge in [-0.15, -0.1) is 6.58 Å². The molecule has 0 bridgehead atoms. The van der Waals surface area contributed by atoms with E-state index < -0.39 is 24.0 Å². The number of carbonyl (C=O) groups is 3. The number of amides is 2. The second kappa shape index (κ2) is 8.36. The Kier molecular flexibility index (Phi) is 6.46. The summed E-state index contributed by atoms with van der Waals surface area (Å²) in [6, 6.07) is 7.99. The first-order valence-electron chi connectivity index (χ1n) is 6.10.